The van der Waals surface area contributed by atoms with Crippen molar-refractivity contribution < 1.29 is 4.74 Å². The fraction of sp³-hybridized carbons (Fsp3) is 0.250. The van der Waals surface area contributed by atoms with E-state index in [2.05, 4.69) is 37.2 Å². The van der Waals surface area contributed by atoms with E-state index in [9.17, 15) is 0 Å². The van der Waals surface area contributed by atoms with Crippen LogP contribution in [0.1, 0.15) is 17.2 Å². The number of rotatable bonds is 4. The zero-order valence-electron chi connectivity index (χ0n) is 11.6. The Morgan fingerprint density at radius 3 is 2.21 bits per heavy atom. The summed E-state index contributed by atoms with van der Waals surface area (Å²) in [4.78, 5) is 2.18. The molecule has 3 heteroatoms. The van der Waals surface area contributed by atoms with Crippen molar-refractivity contribution in [2.75, 3.05) is 26.9 Å². The summed E-state index contributed by atoms with van der Waals surface area (Å²) in [6, 6.07) is 16.4. The summed E-state index contributed by atoms with van der Waals surface area (Å²) >= 11 is 0. The third kappa shape index (κ3) is 3.06. The standard InChI is InChI=1S/C16H20N2O/c1-18(2)16(13-5-4-6-14(17)11-13)12-7-9-15(19-3)10-8-12/h4-11,16H,17H2,1-3H3. The van der Waals surface area contributed by atoms with E-state index in [1.165, 1.54) is 11.1 Å². The molecule has 0 aromatic heterocycles. The van der Waals surface area contributed by atoms with Crippen molar-refractivity contribution >= 4 is 5.69 Å². The van der Waals surface area contributed by atoms with Gasteiger partial charge in [-0.2, -0.15) is 0 Å². The largest absolute Gasteiger partial charge is 0.497 e. The number of anilines is 1. The summed E-state index contributed by atoms with van der Waals surface area (Å²) < 4.78 is 5.20. The van der Waals surface area contributed by atoms with E-state index >= 15 is 0 Å². The van der Waals surface area contributed by atoms with Crippen molar-refractivity contribution in [1.82, 2.24) is 4.90 Å². The molecule has 1 unspecified atom stereocenters. The minimum absolute atomic E-state index is 0.189. The fourth-order valence-electron chi connectivity index (χ4n) is 2.30. The van der Waals surface area contributed by atoms with Crippen molar-refractivity contribution in [3.8, 4) is 5.75 Å². The van der Waals surface area contributed by atoms with Gasteiger partial charge in [-0.25, -0.2) is 0 Å². The molecule has 0 fully saturated rings. The van der Waals surface area contributed by atoms with Crippen LogP contribution in [0.3, 0.4) is 0 Å². The molecule has 0 amide bonds. The summed E-state index contributed by atoms with van der Waals surface area (Å²) in [7, 11) is 5.81. The second-order valence-corrected chi connectivity index (χ2v) is 4.81. The lowest BCUT2D eigenvalue weighted by molar-refractivity contribution is 0.342. The number of methoxy groups -OCH3 is 1. The number of nitrogens with zero attached hydrogens (tertiary/aromatic N) is 1. The SMILES string of the molecule is COc1ccc(C(c2cccc(N)c2)N(C)C)cc1. The highest BCUT2D eigenvalue weighted by molar-refractivity contribution is 5.44. The Labute approximate surface area is 114 Å². The number of benzene rings is 2. The molecule has 0 heterocycles. The summed E-state index contributed by atoms with van der Waals surface area (Å²) in [5.74, 6) is 0.869. The van der Waals surface area contributed by atoms with Gasteiger partial charge in [-0.15, -0.1) is 0 Å². The van der Waals surface area contributed by atoms with Crippen molar-refractivity contribution in [3.63, 3.8) is 0 Å². The van der Waals surface area contributed by atoms with Gasteiger partial charge < -0.3 is 10.5 Å². The molecule has 0 aliphatic carbocycles. The summed E-state index contributed by atoms with van der Waals surface area (Å²) in [5.41, 5.74) is 9.08. The van der Waals surface area contributed by atoms with Gasteiger partial charge in [-0.1, -0.05) is 24.3 Å². The summed E-state index contributed by atoms with van der Waals surface area (Å²) in [6.45, 7) is 0. The average molecular weight is 256 g/mol. The number of ether oxygens (including phenoxy) is 1. The lowest BCUT2D eigenvalue weighted by Crippen LogP contribution is -2.21. The molecule has 2 aromatic rings. The molecule has 0 spiro atoms. The first-order valence-electron chi connectivity index (χ1n) is 6.27. The first kappa shape index (κ1) is 13.4. The van der Waals surface area contributed by atoms with Gasteiger partial charge in [-0.05, 0) is 49.5 Å². The molecule has 0 saturated carbocycles. The zero-order valence-corrected chi connectivity index (χ0v) is 11.6. The summed E-state index contributed by atoms with van der Waals surface area (Å²) in [6.07, 6.45) is 0. The Bertz CT molecular complexity index is 535. The van der Waals surface area contributed by atoms with Crippen molar-refractivity contribution in [2.24, 2.45) is 0 Å². The van der Waals surface area contributed by atoms with E-state index in [4.69, 9.17) is 10.5 Å². The Morgan fingerprint density at radius 2 is 1.68 bits per heavy atom. The van der Waals surface area contributed by atoms with E-state index in [1.54, 1.807) is 7.11 Å². The van der Waals surface area contributed by atoms with Gasteiger partial charge in [0.25, 0.3) is 0 Å². The maximum absolute atomic E-state index is 5.88. The molecule has 0 radical (unpaired) electrons. The first-order chi connectivity index (χ1) is 9.11. The van der Waals surface area contributed by atoms with Gasteiger partial charge in [0.2, 0.25) is 0 Å². The second kappa shape index (κ2) is 5.76. The first-order valence-corrected chi connectivity index (χ1v) is 6.27. The molecule has 2 aromatic carbocycles. The Morgan fingerprint density at radius 1 is 1.00 bits per heavy atom. The van der Waals surface area contributed by atoms with Crippen LogP contribution in [-0.4, -0.2) is 26.1 Å². The molecule has 0 aliphatic rings. The second-order valence-electron chi connectivity index (χ2n) is 4.81. The van der Waals surface area contributed by atoms with Crippen LogP contribution in [-0.2, 0) is 0 Å². The highest BCUT2D eigenvalue weighted by Gasteiger charge is 2.16. The van der Waals surface area contributed by atoms with Crippen LogP contribution in [0.4, 0.5) is 5.69 Å². The number of nitrogens with two attached hydrogens (primary N) is 1. The van der Waals surface area contributed by atoms with Crippen LogP contribution >= 0.6 is 0 Å². The Kier molecular flexibility index (Phi) is 4.07. The van der Waals surface area contributed by atoms with Crippen LogP contribution in [0.5, 0.6) is 5.75 Å². The highest BCUT2D eigenvalue weighted by Crippen LogP contribution is 2.28. The lowest BCUT2D eigenvalue weighted by Gasteiger charge is -2.25. The normalized spacial score (nSPS) is 12.4. The molecular weight excluding hydrogens is 236 g/mol. The van der Waals surface area contributed by atoms with E-state index < -0.39 is 0 Å². The van der Waals surface area contributed by atoms with E-state index in [0.717, 1.165) is 11.4 Å². The van der Waals surface area contributed by atoms with Crippen LogP contribution in [0.15, 0.2) is 48.5 Å². The van der Waals surface area contributed by atoms with E-state index in [-0.39, 0.29) is 6.04 Å². The Balaban J connectivity index is 2.39. The predicted molar refractivity (Wildman–Crippen MR) is 79.4 cm³/mol. The van der Waals surface area contributed by atoms with Crippen LogP contribution in [0.25, 0.3) is 0 Å². The highest BCUT2D eigenvalue weighted by atomic mass is 16.5. The smallest absolute Gasteiger partial charge is 0.118 e. The summed E-state index contributed by atoms with van der Waals surface area (Å²) in [5, 5.41) is 0. The predicted octanol–water partition coefficient (Wildman–Crippen LogP) is 2.93. The third-order valence-corrected chi connectivity index (χ3v) is 3.17. The monoisotopic (exact) mass is 256 g/mol. The van der Waals surface area contributed by atoms with E-state index in [1.807, 2.05) is 30.3 Å². The molecule has 2 N–H and O–H groups in total. The average Bonchev–Trinajstić information content (AvgIpc) is 2.39. The number of hydrogen-bond donors (Lipinski definition) is 1. The molecule has 19 heavy (non-hydrogen) atoms. The molecule has 0 saturated heterocycles. The van der Waals surface area contributed by atoms with Crippen molar-refractivity contribution in [1.29, 1.82) is 0 Å². The molecule has 1 atom stereocenters. The lowest BCUT2D eigenvalue weighted by atomic mass is 9.97. The minimum atomic E-state index is 0.189. The minimum Gasteiger partial charge on any atom is -0.497 e. The van der Waals surface area contributed by atoms with Crippen LogP contribution in [0, 0.1) is 0 Å². The quantitative estimate of drug-likeness (QED) is 0.855. The maximum atomic E-state index is 5.88. The molecular formula is C16H20N2O. The molecule has 100 valence electrons. The van der Waals surface area contributed by atoms with Gasteiger partial charge in [-0.3, -0.25) is 4.90 Å². The molecule has 0 aliphatic heterocycles. The molecule has 2 rings (SSSR count). The van der Waals surface area contributed by atoms with Gasteiger partial charge >= 0.3 is 0 Å². The van der Waals surface area contributed by atoms with E-state index in [0.29, 0.717) is 0 Å². The third-order valence-electron chi connectivity index (χ3n) is 3.17. The van der Waals surface area contributed by atoms with Gasteiger partial charge in [0.15, 0.2) is 0 Å². The number of nitrogen functional groups attached to an aromatic ring is 1. The Hall–Kier alpha value is -2.00. The zero-order chi connectivity index (χ0) is 13.8. The molecule has 0 bridgehead atoms. The van der Waals surface area contributed by atoms with Crippen molar-refractivity contribution in [3.05, 3.63) is 59.7 Å². The van der Waals surface area contributed by atoms with Gasteiger partial charge in [0, 0.05) is 5.69 Å². The maximum Gasteiger partial charge on any atom is 0.118 e. The van der Waals surface area contributed by atoms with Crippen molar-refractivity contribution in [2.45, 2.75) is 6.04 Å². The van der Waals surface area contributed by atoms with Gasteiger partial charge in [0.05, 0.1) is 13.2 Å². The number of hydrogen-bond acceptors (Lipinski definition) is 3. The van der Waals surface area contributed by atoms with Crippen LogP contribution < -0.4 is 10.5 Å². The van der Waals surface area contributed by atoms with Crippen LogP contribution in [0.2, 0.25) is 0 Å². The fourth-order valence-corrected chi connectivity index (χ4v) is 2.30. The topological polar surface area (TPSA) is 38.5 Å². The van der Waals surface area contributed by atoms with Gasteiger partial charge in [0.1, 0.15) is 5.75 Å². The molecule has 3 nitrogen and oxygen atoms in total.